The molecule has 0 aliphatic rings. The largest absolute Gasteiger partial charge is 0.368 e. The van der Waals surface area contributed by atoms with Gasteiger partial charge >= 0.3 is 0 Å². The van der Waals surface area contributed by atoms with Gasteiger partial charge < -0.3 is 11.1 Å². The summed E-state index contributed by atoms with van der Waals surface area (Å²) in [5.74, 6) is 1.13. The standard InChI is InChI=1S/C13H19N5/c1-9-5-4-6-11(10(9)2)7-8-15-13-17-16-12(14)18(13)3/h4-6H,7-8H2,1-3H3,(H2,14,16)(H,15,17). The quantitative estimate of drug-likeness (QED) is 0.859. The van der Waals surface area contributed by atoms with Crippen LogP contribution in [0.2, 0.25) is 0 Å². The smallest absolute Gasteiger partial charge is 0.225 e. The molecule has 96 valence electrons. The van der Waals surface area contributed by atoms with Crippen LogP contribution in [0.15, 0.2) is 18.2 Å². The van der Waals surface area contributed by atoms with Gasteiger partial charge in [-0.15, -0.1) is 10.2 Å². The number of anilines is 2. The number of aryl methyl sites for hydroxylation is 1. The molecule has 0 atom stereocenters. The van der Waals surface area contributed by atoms with Gasteiger partial charge in [-0.05, 0) is 37.0 Å². The van der Waals surface area contributed by atoms with E-state index in [-0.39, 0.29) is 0 Å². The lowest BCUT2D eigenvalue weighted by atomic mass is 10.0. The molecular formula is C13H19N5. The van der Waals surface area contributed by atoms with E-state index in [1.165, 1.54) is 16.7 Å². The number of benzene rings is 1. The molecule has 0 saturated carbocycles. The van der Waals surface area contributed by atoms with Gasteiger partial charge in [0.15, 0.2) is 0 Å². The van der Waals surface area contributed by atoms with Crippen LogP contribution in [0.25, 0.3) is 0 Å². The van der Waals surface area contributed by atoms with E-state index < -0.39 is 0 Å². The lowest BCUT2D eigenvalue weighted by molar-refractivity contribution is 0.895. The number of nitrogens with one attached hydrogen (secondary N) is 1. The summed E-state index contributed by atoms with van der Waals surface area (Å²) < 4.78 is 1.74. The Morgan fingerprint density at radius 3 is 2.72 bits per heavy atom. The minimum absolute atomic E-state index is 0.421. The maximum absolute atomic E-state index is 5.62. The van der Waals surface area contributed by atoms with Crippen molar-refractivity contribution in [3.63, 3.8) is 0 Å². The highest BCUT2D eigenvalue weighted by atomic mass is 15.4. The van der Waals surface area contributed by atoms with E-state index in [4.69, 9.17) is 5.73 Å². The number of rotatable bonds is 4. The molecule has 0 amide bonds. The lowest BCUT2D eigenvalue weighted by Gasteiger charge is -2.09. The Morgan fingerprint density at radius 1 is 1.28 bits per heavy atom. The van der Waals surface area contributed by atoms with E-state index in [9.17, 15) is 0 Å². The van der Waals surface area contributed by atoms with Crippen LogP contribution in [0, 0.1) is 13.8 Å². The molecule has 2 aromatic rings. The Morgan fingerprint density at radius 2 is 2.06 bits per heavy atom. The molecule has 0 unspecified atom stereocenters. The molecule has 0 radical (unpaired) electrons. The second-order valence-electron chi connectivity index (χ2n) is 4.48. The number of hydrogen-bond donors (Lipinski definition) is 2. The van der Waals surface area contributed by atoms with Gasteiger partial charge in [0.05, 0.1) is 0 Å². The van der Waals surface area contributed by atoms with Gasteiger partial charge in [0.2, 0.25) is 11.9 Å². The predicted molar refractivity (Wildman–Crippen MR) is 73.5 cm³/mol. The van der Waals surface area contributed by atoms with Crippen molar-refractivity contribution >= 4 is 11.9 Å². The molecule has 0 aliphatic carbocycles. The first kappa shape index (κ1) is 12.4. The summed E-state index contributed by atoms with van der Waals surface area (Å²) in [4.78, 5) is 0. The average molecular weight is 245 g/mol. The monoisotopic (exact) mass is 245 g/mol. The summed E-state index contributed by atoms with van der Waals surface area (Å²) >= 11 is 0. The zero-order valence-corrected chi connectivity index (χ0v) is 11.1. The number of nitrogens with zero attached hydrogens (tertiary/aromatic N) is 3. The Balaban J connectivity index is 1.97. The summed E-state index contributed by atoms with van der Waals surface area (Å²) in [5, 5.41) is 11.0. The van der Waals surface area contributed by atoms with E-state index >= 15 is 0 Å². The van der Waals surface area contributed by atoms with Crippen LogP contribution < -0.4 is 11.1 Å². The molecule has 0 spiro atoms. The molecule has 0 aliphatic heterocycles. The molecule has 18 heavy (non-hydrogen) atoms. The van der Waals surface area contributed by atoms with Crippen molar-refractivity contribution in [2.75, 3.05) is 17.6 Å². The summed E-state index contributed by atoms with van der Waals surface area (Å²) in [6, 6.07) is 6.39. The van der Waals surface area contributed by atoms with Gasteiger partial charge in [-0.25, -0.2) is 0 Å². The molecule has 5 nitrogen and oxygen atoms in total. The fourth-order valence-corrected chi connectivity index (χ4v) is 1.89. The van der Waals surface area contributed by atoms with Crippen LogP contribution in [0.1, 0.15) is 16.7 Å². The van der Waals surface area contributed by atoms with E-state index in [0.717, 1.165) is 13.0 Å². The van der Waals surface area contributed by atoms with Crippen molar-refractivity contribution in [2.45, 2.75) is 20.3 Å². The van der Waals surface area contributed by atoms with Crippen LogP contribution in [0.5, 0.6) is 0 Å². The predicted octanol–water partition coefficient (Wildman–Crippen LogP) is 1.67. The van der Waals surface area contributed by atoms with Crippen molar-refractivity contribution in [1.29, 1.82) is 0 Å². The Hall–Kier alpha value is -2.04. The summed E-state index contributed by atoms with van der Waals surface area (Å²) in [6.45, 7) is 5.11. The minimum atomic E-state index is 0.421. The van der Waals surface area contributed by atoms with Crippen molar-refractivity contribution < 1.29 is 0 Å². The zero-order valence-electron chi connectivity index (χ0n) is 11.1. The van der Waals surface area contributed by atoms with Crippen LogP contribution in [-0.4, -0.2) is 21.3 Å². The topological polar surface area (TPSA) is 68.8 Å². The number of aromatic nitrogens is 3. The molecule has 2 rings (SSSR count). The maximum atomic E-state index is 5.62. The maximum Gasteiger partial charge on any atom is 0.225 e. The van der Waals surface area contributed by atoms with Crippen molar-refractivity contribution in [3.8, 4) is 0 Å². The molecule has 0 saturated heterocycles. The average Bonchev–Trinajstić information content (AvgIpc) is 2.66. The first-order valence-corrected chi connectivity index (χ1v) is 6.03. The Kier molecular flexibility index (Phi) is 3.50. The second-order valence-corrected chi connectivity index (χ2v) is 4.48. The first-order chi connectivity index (χ1) is 8.59. The highest BCUT2D eigenvalue weighted by Gasteiger charge is 2.05. The third-order valence-corrected chi connectivity index (χ3v) is 3.30. The summed E-state index contributed by atoms with van der Waals surface area (Å²) in [6.07, 6.45) is 0.959. The Labute approximate surface area is 107 Å². The first-order valence-electron chi connectivity index (χ1n) is 6.03. The van der Waals surface area contributed by atoms with E-state index in [1.54, 1.807) is 4.57 Å². The SMILES string of the molecule is Cc1cccc(CCNc2nnc(N)n2C)c1C. The second kappa shape index (κ2) is 5.08. The molecule has 0 bridgehead atoms. The van der Waals surface area contributed by atoms with Crippen molar-refractivity contribution in [3.05, 3.63) is 34.9 Å². The van der Waals surface area contributed by atoms with Crippen molar-refractivity contribution in [2.24, 2.45) is 7.05 Å². The molecule has 1 heterocycles. The molecule has 3 N–H and O–H groups in total. The van der Waals surface area contributed by atoms with Gasteiger partial charge in [-0.1, -0.05) is 18.2 Å². The summed E-state index contributed by atoms with van der Waals surface area (Å²) in [7, 11) is 1.84. The van der Waals surface area contributed by atoms with E-state index in [2.05, 4.69) is 47.6 Å². The minimum Gasteiger partial charge on any atom is -0.368 e. The highest BCUT2D eigenvalue weighted by molar-refractivity contribution is 5.36. The zero-order chi connectivity index (χ0) is 13.1. The van der Waals surface area contributed by atoms with E-state index in [0.29, 0.717) is 11.9 Å². The Bertz CT molecular complexity index is 544. The fraction of sp³-hybridized carbons (Fsp3) is 0.385. The third kappa shape index (κ3) is 2.45. The number of hydrogen-bond acceptors (Lipinski definition) is 4. The van der Waals surface area contributed by atoms with Gasteiger partial charge in [0.1, 0.15) is 0 Å². The van der Waals surface area contributed by atoms with Crippen LogP contribution in [0.3, 0.4) is 0 Å². The van der Waals surface area contributed by atoms with Crippen molar-refractivity contribution in [1.82, 2.24) is 14.8 Å². The van der Waals surface area contributed by atoms with Crippen LogP contribution >= 0.6 is 0 Å². The summed E-state index contributed by atoms with van der Waals surface area (Å²) in [5.41, 5.74) is 9.66. The van der Waals surface area contributed by atoms with Gasteiger partial charge in [-0.3, -0.25) is 4.57 Å². The third-order valence-electron chi connectivity index (χ3n) is 3.30. The number of nitrogen functional groups attached to an aromatic ring is 1. The molecule has 5 heteroatoms. The molecule has 0 fully saturated rings. The molecule has 1 aromatic heterocycles. The van der Waals surface area contributed by atoms with Gasteiger partial charge in [0, 0.05) is 13.6 Å². The molecule has 1 aromatic carbocycles. The molecular weight excluding hydrogens is 226 g/mol. The van der Waals surface area contributed by atoms with Gasteiger partial charge in [-0.2, -0.15) is 0 Å². The fourth-order valence-electron chi connectivity index (χ4n) is 1.89. The van der Waals surface area contributed by atoms with E-state index in [1.807, 2.05) is 7.05 Å². The highest BCUT2D eigenvalue weighted by Crippen LogP contribution is 2.13. The van der Waals surface area contributed by atoms with Crippen LogP contribution in [0.4, 0.5) is 11.9 Å². The number of nitrogens with two attached hydrogens (primary N) is 1. The normalized spacial score (nSPS) is 10.6. The lowest BCUT2D eigenvalue weighted by Crippen LogP contribution is -2.10. The van der Waals surface area contributed by atoms with Crippen LogP contribution in [-0.2, 0) is 13.5 Å². The van der Waals surface area contributed by atoms with Gasteiger partial charge in [0.25, 0.3) is 0 Å².